The van der Waals surface area contributed by atoms with Gasteiger partial charge in [-0.1, -0.05) is 6.07 Å². The first kappa shape index (κ1) is 10.2. The first-order valence-corrected chi connectivity index (χ1v) is 5.13. The number of aromatic nitrogens is 1. The summed E-state index contributed by atoms with van der Waals surface area (Å²) in [6, 6.07) is 4.66. The molecule has 0 radical (unpaired) electrons. The third-order valence-corrected chi connectivity index (χ3v) is 3.22. The Morgan fingerprint density at radius 2 is 2.20 bits per heavy atom. The molecule has 0 saturated carbocycles. The number of hydrogen-bond donors (Lipinski definition) is 0. The molecule has 2 aromatic rings. The third-order valence-electron chi connectivity index (χ3n) is 2.25. The van der Waals surface area contributed by atoms with E-state index in [1.807, 2.05) is 0 Å². The summed E-state index contributed by atoms with van der Waals surface area (Å²) in [4.78, 5) is 14.7. The SMILES string of the molecule is Cc1c(F)cc2ccc(C=O)nc2c1Br. The zero-order valence-electron chi connectivity index (χ0n) is 7.92. The molecule has 0 spiro atoms. The van der Waals surface area contributed by atoms with E-state index in [2.05, 4.69) is 20.9 Å². The smallest absolute Gasteiger partial charge is 0.168 e. The summed E-state index contributed by atoms with van der Waals surface area (Å²) in [7, 11) is 0. The lowest BCUT2D eigenvalue weighted by molar-refractivity contribution is 0.111. The lowest BCUT2D eigenvalue weighted by Gasteiger charge is -2.05. The van der Waals surface area contributed by atoms with E-state index in [1.54, 1.807) is 19.1 Å². The van der Waals surface area contributed by atoms with E-state index >= 15 is 0 Å². The molecule has 2 rings (SSSR count). The molecule has 0 saturated heterocycles. The highest BCUT2D eigenvalue weighted by molar-refractivity contribution is 9.10. The van der Waals surface area contributed by atoms with Crippen LogP contribution < -0.4 is 0 Å². The summed E-state index contributed by atoms with van der Waals surface area (Å²) in [5, 5.41) is 0.676. The highest BCUT2D eigenvalue weighted by atomic mass is 79.9. The molecule has 15 heavy (non-hydrogen) atoms. The summed E-state index contributed by atoms with van der Waals surface area (Å²) in [6.45, 7) is 1.66. The molecule has 0 aliphatic rings. The first-order chi connectivity index (χ1) is 7.13. The minimum absolute atomic E-state index is 0.282. The lowest BCUT2D eigenvalue weighted by Crippen LogP contribution is -1.92. The zero-order chi connectivity index (χ0) is 11.0. The fraction of sp³-hybridized carbons (Fsp3) is 0.0909. The fourth-order valence-corrected chi connectivity index (χ4v) is 1.88. The van der Waals surface area contributed by atoms with Crippen molar-refractivity contribution in [1.29, 1.82) is 0 Å². The molecular formula is C11H7BrFNO. The van der Waals surface area contributed by atoms with Crippen molar-refractivity contribution in [3.63, 3.8) is 0 Å². The van der Waals surface area contributed by atoms with Crippen LogP contribution in [-0.4, -0.2) is 11.3 Å². The van der Waals surface area contributed by atoms with Gasteiger partial charge in [0.15, 0.2) is 6.29 Å². The van der Waals surface area contributed by atoms with E-state index in [4.69, 9.17) is 0 Å². The molecule has 1 aromatic carbocycles. The van der Waals surface area contributed by atoms with E-state index in [1.165, 1.54) is 6.07 Å². The van der Waals surface area contributed by atoms with Crippen LogP contribution in [0.4, 0.5) is 4.39 Å². The lowest BCUT2D eigenvalue weighted by atomic mass is 10.1. The van der Waals surface area contributed by atoms with Crippen LogP contribution in [0.15, 0.2) is 22.7 Å². The van der Waals surface area contributed by atoms with E-state index in [-0.39, 0.29) is 5.82 Å². The van der Waals surface area contributed by atoms with Crippen LogP contribution in [0.25, 0.3) is 10.9 Å². The number of nitrogens with zero attached hydrogens (tertiary/aromatic N) is 1. The Bertz CT molecular complexity index is 554. The normalized spacial score (nSPS) is 10.6. The quantitative estimate of drug-likeness (QED) is 0.743. The average molecular weight is 268 g/mol. The Kier molecular flexibility index (Phi) is 2.52. The number of halogens is 2. The molecule has 0 fully saturated rings. The molecule has 0 unspecified atom stereocenters. The van der Waals surface area contributed by atoms with Gasteiger partial charge in [-0.25, -0.2) is 9.37 Å². The molecule has 0 aliphatic heterocycles. The standard InChI is InChI=1S/C11H7BrFNO/c1-6-9(13)4-7-2-3-8(5-15)14-11(7)10(6)12/h2-5H,1H3. The fourth-order valence-electron chi connectivity index (χ4n) is 1.37. The van der Waals surface area contributed by atoms with Crippen LogP contribution in [0, 0.1) is 12.7 Å². The summed E-state index contributed by atoms with van der Waals surface area (Å²) < 4.78 is 14.0. The van der Waals surface area contributed by atoms with Gasteiger partial charge in [0.05, 0.1) is 5.52 Å². The van der Waals surface area contributed by atoms with E-state index in [0.717, 1.165) is 0 Å². The van der Waals surface area contributed by atoms with Gasteiger partial charge in [-0.2, -0.15) is 0 Å². The summed E-state index contributed by atoms with van der Waals surface area (Å²) >= 11 is 3.28. The van der Waals surface area contributed by atoms with Crippen molar-refractivity contribution in [2.45, 2.75) is 6.92 Å². The summed E-state index contributed by atoms with van der Waals surface area (Å²) in [5.74, 6) is -0.282. The van der Waals surface area contributed by atoms with Crippen LogP contribution in [0.5, 0.6) is 0 Å². The van der Waals surface area contributed by atoms with Gasteiger partial charge < -0.3 is 0 Å². The van der Waals surface area contributed by atoms with E-state index < -0.39 is 0 Å². The largest absolute Gasteiger partial charge is 0.296 e. The molecule has 4 heteroatoms. The second-order valence-corrected chi connectivity index (χ2v) is 4.02. The van der Waals surface area contributed by atoms with Gasteiger partial charge >= 0.3 is 0 Å². The highest BCUT2D eigenvalue weighted by Gasteiger charge is 2.09. The van der Waals surface area contributed by atoms with Gasteiger partial charge in [0.2, 0.25) is 0 Å². The van der Waals surface area contributed by atoms with Crippen LogP contribution >= 0.6 is 15.9 Å². The van der Waals surface area contributed by atoms with Crippen molar-refractivity contribution in [3.05, 3.63) is 39.7 Å². The van der Waals surface area contributed by atoms with E-state index in [9.17, 15) is 9.18 Å². The Morgan fingerprint density at radius 3 is 2.87 bits per heavy atom. The minimum atomic E-state index is -0.282. The van der Waals surface area contributed by atoms with Crippen molar-refractivity contribution >= 4 is 33.1 Å². The van der Waals surface area contributed by atoms with Gasteiger partial charge in [0.1, 0.15) is 11.5 Å². The van der Waals surface area contributed by atoms with Gasteiger partial charge in [-0.3, -0.25) is 4.79 Å². The van der Waals surface area contributed by atoms with Crippen molar-refractivity contribution in [2.75, 3.05) is 0 Å². The second kappa shape index (κ2) is 3.70. The van der Waals surface area contributed by atoms with Crippen LogP contribution in [0.1, 0.15) is 16.1 Å². The highest BCUT2D eigenvalue weighted by Crippen LogP contribution is 2.28. The van der Waals surface area contributed by atoms with Gasteiger partial charge in [-0.15, -0.1) is 0 Å². The number of fused-ring (bicyclic) bond motifs is 1. The van der Waals surface area contributed by atoms with Gasteiger partial charge in [0.25, 0.3) is 0 Å². The predicted molar refractivity (Wildman–Crippen MR) is 59.5 cm³/mol. The third kappa shape index (κ3) is 1.65. The number of benzene rings is 1. The van der Waals surface area contributed by atoms with E-state index in [0.29, 0.717) is 32.9 Å². The van der Waals surface area contributed by atoms with Crippen molar-refractivity contribution in [3.8, 4) is 0 Å². The molecule has 0 bridgehead atoms. The molecule has 2 nitrogen and oxygen atoms in total. The minimum Gasteiger partial charge on any atom is -0.296 e. The molecule has 0 aliphatic carbocycles. The van der Waals surface area contributed by atoms with Gasteiger partial charge in [-0.05, 0) is 35.0 Å². The predicted octanol–water partition coefficient (Wildman–Crippen LogP) is 3.26. The molecular weight excluding hydrogens is 261 g/mol. The number of aldehydes is 1. The van der Waals surface area contributed by atoms with Crippen molar-refractivity contribution in [1.82, 2.24) is 4.98 Å². The summed E-state index contributed by atoms with van der Waals surface area (Å²) in [6.07, 6.45) is 0.671. The summed E-state index contributed by atoms with van der Waals surface area (Å²) in [5.41, 5.74) is 1.45. The zero-order valence-corrected chi connectivity index (χ0v) is 9.51. The first-order valence-electron chi connectivity index (χ1n) is 4.34. The number of carbonyl (C=O) groups excluding carboxylic acids is 1. The maximum absolute atomic E-state index is 13.4. The molecule has 1 aromatic heterocycles. The Hall–Kier alpha value is -1.29. The molecule has 0 amide bonds. The second-order valence-electron chi connectivity index (χ2n) is 3.22. The maximum atomic E-state index is 13.4. The molecule has 0 N–H and O–H groups in total. The Labute approximate surface area is 94.3 Å². The molecule has 1 heterocycles. The van der Waals surface area contributed by atoms with Crippen LogP contribution in [0.3, 0.4) is 0 Å². The number of pyridine rings is 1. The maximum Gasteiger partial charge on any atom is 0.168 e. The number of carbonyl (C=O) groups is 1. The molecule has 76 valence electrons. The van der Waals surface area contributed by atoms with Crippen molar-refractivity contribution < 1.29 is 9.18 Å². The van der Waals surface area contributed by atoms with Crippen LogP contribution in [-0.2, 0) is 0 Å². The Balaban J connectivity index is 2.87. The number of rotatable bonds is 1. The average Bonchev–Trinajstić information content (AvgIpc) is 2.26. The molecule has 0 atom stereocenters. The number of hydrogen-bond acceptors (Lipinski definition) is 2. The Morgan fingerprint density at radius 1 is 1.47 bits per heavy atom. The van der Waals surface area contributed by atoms with Crippen LogP contribution in [0.2, 0.25) is 0 Å². The topological polar surface area (TPSA) is 30.0 Å². The van der Waals surface area contributed by atoms with Gasteiger partial charge in [0, 0.05) is 15.4 Å². The van der Waals surface area contributed by atoms with Crippen molar-refractivity contribution in [2.24, 2.45) is 0 Å². The monoisotopic (exact) mass is 267 g/mol.